The molecule has 1 N–H and O–H groups in total. The van der Waals surface area contributed by atoms with E-state index in [9.17, 15) is 9.90 Å². The van der Waals surface area contributed by atoms with Gasteiger partial charge < -0.3 is 14.4 Å². The van der Waals surface area contributed by atoms with Gasteiger partial charge in [0.15, 0.2) is 5.76 Å². The normalized spacial score (nSPS) is 12.4. The number of rotatable bonds is 12. The smallest absolute Gasteiger partial charge is 0.304 e. The van der Waals surface area contributed by atoms with Crippen LogP contribution in [0.25, 0.3) is 10.6 Å². The Balaban J connectivity index is 1.62. The Morgan fingerprint density at radius 3 is 2.77 bits per heavy atom. The van der Waals surface area contributed by atoms with Crippen molar-refractivity contribution < 1.29 is 19.2 Å². The van der Waals surface area contributed by atoms with E-state index in [1.54, 1.807) is 11.3 Å². The topological polar surface area (TPSA) is 85.5 Å². The number of carboxylic acid groups (broad SMARTS) is 1. The zero-order valence-electron chi connectivity index (χ0n) is 17.7. The number of halogens is 1. The Hall–Kier alpha value is -1.78. The van der Waals surface area contributed by atoms with Crippen molar-refractivity contribution in [2.45, 2.75) is 52.1 Å². The molecule has 6 nitrogen and oxygen atoms in total. The van der Waals surface area contributed by atoms with Crippen LogP contribution in [-0.2, 0) is 22.6 Å². The summed E-state index contributed by atoms with van der Waals surface area (Å²) < 4.78 is 12.3. The first-order valence-electron chi connectivity index (χ1n) is 10.4. The summed E-state index contributed by atoms with van der Waals surface area (Å²) in [6.07, 6.45) is 4.18. The van der Waals surface area contributed by atoms with Gasteiger partial charge in [0.2, 0.25) is 0 Å². The predicted octanol–water partition coefficient (Wildman–Crippen LogP) is 6.16. The van der Waals surface area contributed by atoms with Crippen LogP contribution in [0.4, 0.5) is 0 Å². The minimum atomic E-state index is -0.840. The lowest BCUT2D eigenvalue weighted by atomic mass is 9.95. The van der Waals surface area contributed by atoms with Gasteiger partial charge >= 0.3 is 5.97 Å². The lowest BCUT2D eigenvalue weighted by Crippen LogP contribution is -2.09. The fourth-order valence-corrected chi connectivity index (χ4v) is 5.52. The molecule has 1 unspecified atom stereocenters. The van der Waals surface area contributed by atoms with Crippen LogP contribution in [0.1, 0.15) is 55.3 Å². The minimum Gasteiger partial charge on any atom is -0.481 e. The third-order valence-corrected chi connectivity index (χ3v) is 6.84. The summed E-state index contributed by atoms with van der Waals surface area (Å²) in [4.78, 5) is 16.9. The summed E-state index contributed by atoms with van der Waals surface area (Å²) in [5, 5.41) is 14.7. The molecular formula is C23H27IN2O4S. The number of carbonyl (C=O) groups is 1. The Morgan fingerprint density at radius 1 is 1.29 bits per heavy atom. The molecule has 0 saturated carbocycles. The third-order valence-electron chi connectivity index (χ3n) is 4.78. The number of hydrogen-bond donors (Lipinski definition) is 1. The van der Waals surface area contributed by atoms with Crippen LogP contribution in [0, 0.1) is 9.49 Å². The van der Waals surface area contributed by atoms with Crippen molar-refractivity contribution in [3.8, 4) is 10.6 Å². The van der Waals surface area contributed by atoms with Crippen molar-refractivity contribution in [3.05, 3.63) is 56.4 Å². The number of hydrogen-bond acceptors (Lipinski definition) is 6. The zero-order valence-corrected chi connectivity index (χ0v) is 20.7. The standard InChI is InChI=1S/C23H27IN2O4S/c1-15(2)11-19-25-13-18(31-19)23-21(24)22(26-30-23)17(12-20(27)28)9-6-10-29-14-16-7-4-3-5-8-16/h3-5,7-8,13,15,17H,6,9-12,14H2,1-2H3,(H,27,28). The first-order chi connectivity index (χ1) is 14.9. The number of benzene rings is 1. The molecule has 1 atom stereocenters. The molecule has 2 heterocycles. The van der Waals surface area contributed by atoms with E-state index in [4.69, 9.17) is 9.26 Å². The van der Waals surface area contributed by atoms with Gasteiger partial charge in [-0.3, -0.25) is 4.79 Å². The molecule has 0 radical (unpaired) electrons. The number of carboxylic acids is 1. The number of aromatic nitrogens is 2. The molecule has 0 aliphatic carbocycles. The van der Waals surface area contributed by atoms with Gasteiger partial charge in [0.05, 0.1) is 26.5 Å². The Bertz CT molecular complexity index is 971. The molecule has 0 spiro atoms. The maximum atomic E-state index is 11.5. The van der Waals surface area contributed by atoms with E-state index in [1.165, 1.54) is 0 Å². The van der Waals surface area contributed by atoms with Gasteiger partial charge in [-0.05, 0) is 46.9 Å². The highest BCUT2D eigenvalue weighted by molar-refractivity contribution is 14.1. The van der Waals surface area contributed by atoms with Crippen LogP contribution < -0.4 is 0 Å². The van der Waals surface area contributed by atoms with Crippen LogP contribution >= 0.6 is 33.9 Å². The molecular weight excluding hydrogens is 527 g/mol. The van der Waals surface area contributed by atoms with Crippen LogP contribution in [0.3, 0.4) is 0 Å². The number of thiazole rings is 1. The quantitative estimate of drug-likeness (QED) is 0.213. The first kappa shape index (κ1) is 23.9. The largest absolute Gasteiger partial charge is 0.481 e. The first-order valence-corrected chi connectivity index (χ1v) is 12.3. The summed E-state index contributed by atoms with van der Waals surface area (Å²) in [6, 6.07) is 10.0. The molecule has 0 amide bonds. The van der Waals surface area contributed by atoms with Crippen molar-refractivity contribution in [2.75, 3.05) is 6.61 Å². The average Bonchev–Trinajstić information content (AvgIpc) is 3.33. The molecule has 0 bridgehead atoms. The van der Waals surface area contributed by atoms with E-state index in [0.29, 0.717) is 37.0 Å². The van der Waals surface area contributed by atoms with E-state index in [2.05, 4.69) is 46.6 Å². The Kier molecular flexibility index (Phi) is 9.03. The second kappa shape index (κ2) is 11.7. The van der Waals surface area contributed by atoms with Crippen molar-refractivity contribution in [2.24, 2.45) is 5.92 Å². The van der Waals surface area contributed by atoms with Gasteiger partial charge in [0, 0.05) is 25.1 Å². The highest BCUT2D eigenvalue weighted by atomic mass is 127. The second-order valence-electron chi connectivity index (χ2n) is 7.90. The van der Waals surface area contributed by atoms with Crippen molar-refractivity contribution in [1.82, 2.24) is 10.1 Å². The minimum absolute atomic E-state index is 0.0158. The van der Waals surface area contributed by atoms with Crippen LogP contribution in [-0.4, -0.2) is 27.8 Å². The summed E-state index contributed by atoms with van der Waals surface area (Å²) in [7, 11) is 0. The Morgan fingerprint density at radius 2 is 2.06 bits per heavy atom. The van der Waals surface area contributed by atoms with Crippen LogP contribution in [0.15, 0.2) is 41.1 Å². The van der Waals surface area contributed by atoms with Crippen molar-refractivity contribution in [1.29, 1.82) is 0 Å². The summed E-state index contributed by atoms with van der Waals surface area (Å²) in [6.45, 7) is 5.45. The lowest BCUT2D eigenvalue weighted by molar-refractivity contribution is -0.137. The molecule has 0 aliphatic rings. The summed E-state index contributed by atoms with van der Waals surface area (Å²) >= 11 is 3.81. The highest BCUT2D eigenvalue weighted by Gasteiger charge is 2.26. The van der Waals surface area contributed by atoms with Gasteiger partial charge in [-0.15, -0.1) is 11.3 Å². The highest BCUT2D eigenvalue weighted by Crippen LogP contribution is 2.37. The van der Waals surface area contributed by atoms with Gasteiger partial charge in [-0.1, -0.05) is 49.3 Å². The Labute approximate surface area is 200 Å². The molecule has 0 saturated heterocycles. The molecule has 3 aromatic rings. The van der Waals surface area contributed by atoms with Crippen LogP contribution in [0.5, 0.6) is 0 Å². The molecule has 166 valence electrons. The lowest BCUT2D eigenvalue weighted by Gasteiger charge is -2.12. The van der Waals surface area contributed by atoms with Gasteiger partial charge in [0.25, 0.3) is 0 Å². The van der Waals surface area contributed by atoms with Gasteiger partial charge in [-0.2, -0.15) is 0 Å². The molecule has 0 aliphatic heterocycles. The van der Waals surface area contributed by atoms with E-state index in [-0.39, 0.29) is 12.3 Å². The fourth-order valence-electron chi connectivity index (χ4n) is 3.30. The molecule has 3 rings (SSSR count). The summed E-state index contributed by atoms with van der Waals surface area (Å²) in [5.74, 6) is 0.157. The van der Waals surface area contributed by atoms with E-state index in [1.807, 2.05) is 36.5 Å². The molecule has 0 fully saturated rings. The average molecular weight is 554 g/mol. The molecule has 1 aromatic carbocycles. The third kappa shape index (κ3) is 7.11. The maximum absolute atomic E-state index is 11.5. The van der Waals surface area contributed by atoms with Gasteiger partial charge in [-0.25, -0.2) is 4.98 Å². The van der Waals surface area contributed by atoms with E-state index in [0.717, 1.165) is 31.9 Å². The van der Waals surface area contributed by atoms with Crippen molar-refractivity contribution in [3.63, 3.8) is 0 Å². The summed E-state index contributed by atoms with van der Waals surface area (Å²) in [5.41, 5.74) is 1.83. The monoisotopic (exact) mass is 554 g/mol. The van der Waals surface area contributed by atoms with Gasteiger partial charge in [0.1, 0.15) is 5.69 Å². The molecule has 8 heteroatoms. The molecule has 31 heavy (non-hydrogen) atoms. The number of aliphatic carboxylic acids is 1. The SMILES string of the molecule is CC(C)Cc1ncc(-c2onc(C(CCCOCc3ccccc3)CC(=O)O)c2I)s1. The number of ether oxygens (including phenoxy) is 1. The number of nitrogens with zero attached hydrogens (tertiary/aromatic N) is 2. The zero-order chi connectivity index (χ0) is 22.2. The molecule has 2 aromatic heterocycles. The maximum Gasteiger partial charge on any atom is 0.304 e. The van der Waals surface area contributed by atoms with Crippen molar-refractivity contribution >= 4 is 39.9 Å². The van der Waals surface area contributed by atoms with Crippen LogP contribution in [0.2, 0.25) is 0 Å². The van der Waals surface area contributed by atoms with E-state index < -0.39 is 5.97 Å². The second-order valence-corrected chi connectivity index (χ2v) is 10.1. The fraction of sp³-hybridized carbons (Fsp3) is 0.435. The van der Waals surface area contributed by atoms with E-state index >= 15 is 0 Å². The predicted molar refractivity (Wildman–Crippen MR) is 129 cm³/mol.